The van der Waals surface area contributed by atoms with Crippen molar-refractivity contribution in [2.75, 3.05) is 7.11 Å². The summed E-state index contributed by atoms with van der Waals surface area (Å²) in [7, 11) is 1.40. The van der Waals surface area contributed by atoms with Crippen LogP contribution in [0.1, 0.15) is 11.3 Å². The summed E-state index contributed by atoms with van der Waals surface area (Å²) in [5.74, 6) is -0.931. The van der Waals surface area contributed by atoms with Gasteiger partial charge in [0.2, 0.25) is 0 Å². The molecule has 0 fully saturated rings. The fourth-order valence-electron chi connectivity index (χ4n) is 1.51. The molecule has 0 aliphatic carbocycles. The quantitative estimate of drug-likeness (QED) is 0.855. The number of halogens is 2. The van der Waals surface area contributed by atoms with Gasteiger partial charge in [0.1, 0.15) is 23.1 Å². The van der Waals surface area contributed by atoms with Crippen LogP contribution in [0.15, 0.2) is 39.5 Å². The molecule has 19 heavy (non-hydrogen) atoms. The SMILES string of the molecule is COc1cc(/C=C/c2c(F)cccc2F)oc(=O)c1. The summed E-state index contributed by atoms with van der Waals surface area (Å²) >= 11 is 0. The van der Waals surface area contributed by atoms with Crippen molar-refractivity contribution < 1.29 is 17.9 Å². The third-order valence-electron chi connectivity index (χ3n) is 2.41. The molecule has 0 aliphatic rings. The zero-order valence-corrected chi connectivity index (χ0v) is 10.0. The van der Waals surface area contributed by atoms with Crippen LogP contribution in [0.2, 0.25) is 0 Å². The van der Waals surface area contributed by atoms with Gasteiger partial charge < -0.3 is 9.15 Å². The van der Waals surface area contributed by atoms with Crippen LogP contribution in [0.25, 0.3) is 12.2 Å². The lowest BCUT2D eigenvalue weighted by atomic mass is 10.1. The summed E-state index contributed by atoms with van der Waals surface area (Å²) in [5, 5.41) is 0. The number of hydrogen-bond donors (Lipinski definition) is 0. The highest BCUT2D eigenvalue weighted by Gasteiger charge is 2.05. The average Bonchev–Trinajstić information content (AvgIpc) is 2.37. The maximum Gasteiger partial charge on any atom is 0.339 e. The Balaban J connectivity index is 2.38. The molecule has 0 bridgehead atoms. The highest BCUT2D eigenvalue weighted by molar-refractivity contribution is 5.68. The first-order chi connectivity index (χ1) is 9.10. The van der Waals surface area contributed by atoms with E-state index in [1.54, 1.807) is 0 Å². The Labute approximate surface area is 107 Å². The molecular weight excluding hydrogens is 254 g/mol. The molecule has 1 aromatic heterocycles. The second-order valence-corrected chi connectivity index (χ2v) is 3.69. The molecule has 0 atom stereocenters. The zero-order valence-electron chi connectivity index (χ0n) is 10.0. The monoisotopic (exact) mass is 264 g/mol. The van der Waals surface area contributed by atoms with E-state index in [0.29, 0.717) is 5.75 Å². The largest absolute Gasteiger partial charge is 0.496 e. The van der Waals surface area contributed by atoms with Crippen LogP contribution < -0.4 is 10.4 Å². The molecule has 0 aliphatic heterocycles. The molecule has 2 rings (SSSR count). The lowest BCUT2D eigenvalue weighted by molar-refractivity contribution is 0.400. The average molecular weight is 264 g/mol. The molecule has 1 aromatic carbocycles. The van der Waals surface area contributed by atoms with E-state index in [9.17, 15) is 13.6 Å². The first-order valence-electron chi connectivity index (χ1n) is 5.41. The van der Waals surface area contributed by atoms with E-state index in [1.807, 2.05) is 0 Å². The molecule has 0 amide bonds. The van der Waals surface area contributed by atoms with E-state index in [2.05, 4.69) is 0 Å². The molecule has 5 heteroatoms. The van der Waals surface area contributed by atoms with Gasteiger partial charge in [0.15, 0.2) is 0 Å². The second-order valence-electron chi connectivity index (χ2n) is 3.69. The Morgan fingerprint density at radius 2 is 1.84 bits per heavy atom. The maximum atomic E-state index is 13.4. The van der Waals surface area contributed by atoms with Crippen molar-refractivity contribution in [3.63, 3.8) is 0 Å². The molecule has 0 radical (unpaired) electrons. The van der Waals surface area contributed by atoms with E-state index in [4.69, 9.17) is 9.15 Å². The van der Waals surface area contributed by atoms with Crippen molar-refractivity contribution in [2.45, 2.75) is 0 Å². The molecule has 0 saturated carbocycles. The molecule has 0 N–H and O–H groups in total. The number of rotatable bonds is 3. The molecule has 0 spiro atoms. The Hall–Kier alpha value is -2.43. The Morgan fingerprint density at radius 3 is 2.47 bits per heavy atom. The van der Waals surface area contributed by atoms with Crippen molar-refractivity contribution in [3.05, 3.63) is 63.7 Å². The van der Waals surface area contributed by atoms with Crippen molar-refractivity contribution in [3.8, 4) is 5.75 Å². The Bertz CT molecular complexity index is 654. The van der Waals surface area contributed by atoms with Crippen LogP contribution in [-0.2, 0) is 0 Å². The third kappa shape index (κ3) is 3.07. The van der Waals surface area contributed by atoms with Crippen molar-refractivity contribution in [1.29, 1.82) is 0 Å². The summed E-state index contributed by atoms with van der Waals surface area (Å²) in [6.45, 7) is 0. The summed E-state index contributed by atoms with van der Waals surface area (Å²) in [6, 6.07) is 6.17. The molecule has 0 unspecified atom stereocenters. The van der Waals surface area contributed by atoms with Gasteiger partial charge >= 0.3 is 5.63 Å². The molecule has 3 nitrogen and oxygen atoms in total. The van der Waals surface area contributed by atoms with E-state index < -0.39 is 17.3 Å². The van der Waals surface area contributed by atoms with E-state index in [-0.39, 0.29) is 11.3 Å². The van der Waals surface area contributed by atoms with Crippen LogP contribution in [0.4, 0.5) is 8.78 Å². The van der Waals surface area contributed by atoms with Gasteiger partial charge in [-0.15, -0.1) is 0 Å². The van der Waals surface area contributed by atoms with Gasteiger partial charge in [-0.1, -0.05) is 6.07 Å². The fraction of sp³-hybridized carbons (Fsp3) is 0.0714. The summed E-state index contributed by atoms with van der Waals surface area (Å²) in [4.78, 5) is 11.2. The Morgan fingerprint density at radius 1 is 1.16 bits per heavy atom. The van der Waals surface area contributed by atoms with Crippen LogP contribution in [0, 0.1) is 11.6 Å². The highest BCUT2D eigenvalue weighted by atomic mass is 19.1. The minimum atomic E-state index is -0.693. The first-order valence-corrected chi connectivity index (χ1v) is 5.41. The van der Waals surface area contributed by atoms with Crippen molar-refractivity contribution >= 4 is 12.2 Å². The van der Waals surface area contributed by atoms with Gasteiger partial charge in [0, 0.05) is 11.6 Å². The summed E-state index contributed by atoms with van der Waals surface area (Å²) < 4.78 is 36.5. The van der Waals surface area contributed by atoms with Crippen LogP contribution >= 0.6 is 0 Å². The molecule has 98 valence electrons. The molecule has 2 aromatic rings. The molecule has 1 heterocycles. The minimum absolute atomic E-state index is 0.145. The summed E-state index contributed by atoms with van der Waals surface area (Å²) in [5.41, 5.74) is -0.805. The van der Waals surface area contributed by atoms with Gasteiger partial charge in [0.25, 0.3) is 0 Å². The number of ether oxygens (including phenoxy) is 1. The van der Waals surface area contributed by atoms with Crippen LogP contribution in [-0.4, -0.2) is 7.11 Å². The first kappa shape index (κ1) is 13.0. The van der Waals surface area contributed by atoms with Gasteiger partial charge in [-0.25, -0.2) is 13.6 Å². The topological polar surface area (TPSA) is 39.4 Å². The third-order valence-corrected chi connectivity index (χ3v) is 2.41. The van der Waals surface area contributed by atoms with E-state index >= 15 is 0 Å². The van der Waals surface area contributed by atoms with Gasteiger partial charge in [-0.05, 0) is 24.3 Å². The van der Waals surface area contributed by atoms with Gasteiger partial charge in [0.05, 0.1) is 13.2 Å². The Kier molecular flexibility index (Phi) is 3.75. The van der Waals surface area contributed by atoms with Crippen LogP contribution in [0.3, 0.4) is 0 Å². The summed E-state index contributed by atoms with van der Waals surface area (Å²) in [6.07, 6.45) is 2.49. The maximum absolute atomic E-state index is 13.4. The lowest BCUT2D eigenvalue weighted by Gasteiger charge is -2.00. The predicted octanol–water partition coefficient (Wildman–Crippen LogP) is 3.10. The minimum Gasteiger partial charge on any atom is -0.496 e. The van der Waals surface area contributed by atoms with Gasteiger partial charge in [-0.2, -0.15) is 0 Å². The smallest absolute Gasteiger partial charge is 0.339 e. The second kappa shape index (κ2) is 5.48. The van der Waals surface area contributed by atoms with Crippen LogP contribution in [0.5, 0.6) is 5.75 Å². The van der Waals surface area contributed by atoms with Crippen molar-refractivity contribution in [1.82, 2.24) is 0 Å². The number of methoxy groups -OCH3 is 1. The number of benzene rings is 1. The number of hydrogen-bond acceptors (Lipinski definition) is 3. The molecule has 0 saturated heterocycles. The van der Waals surface area contributed by atoms with Gasteiger partial charge in [-0.3, -0.25) is 0 Å². The fourth-order valence-corrected chi connectivity index (χ4v) is 1.51. The standard InChI is InChI=1S/C14H10F2O3/c1-18-10-7-9(19-14(17)8-10)5-6-11-12(15)3-2-4-13(11)16/h2-8H,1H3/b6-5+. The normalized spacial score (nSPS) is 10.9. The predicted molar refractivity (Wildman–Crippen MR) is 66.8 cm³/mol. The zero-order chi connectivity index (χ0) is 13.8. The van der Waals surface area contributed by atoms with E-state index in [0.717, 1.165) is 12.1 Å². The van der Waals surface area contributed by atoms with Crippen molar-refractivity contribution in [2.24, 2.45) is 0 Å². The molecular formula is C14H10F2O3. The highest BCUT2D eigenvalue weighted by Crippen LogP contribution is 2.17. The lowest BCUT2D eigenvalue weighted by Crippen LogP contribution is -1.98. The van der Waals surface area contributed by atoms with E-state index in [1.165, 1.54) is 37.5 Å².